The van der Waals surface area contributed by atoms with Gasteiger partial charge in [0, 0.05) is 11.9 Å². The molecular weight excluding hydrogens is 257 g/mol. The van der Waals surface area contributed by atoms with Crippen molar-refractivity contribution in [3.8, 4) is 5.69 Å². The average Bonchev–Trinajstić information content (AvgIpc) is 2.74. The SMILES string of the molecule is Clc1nc(Cl)c2ccn(-c3ccccc3)c2n1. The second-order valence-corrected chi connectivity index (χ2v) is 4.24. The Balaban J connectivity index is 2.32. The Hall–Kier alpha value is -1.58. The van der Waals surface area contributed by atoms with Crippen molar-refractivity contribution >= 4 is 34.2 Å². The van der Waals surface area contributed by atoms with Crippen molar-refractivity contribution < 1.29 is 0 Å². The minimum atomic E-state index is 0.151. The average molecular weight is 264 g/mol. The van der Waals surface area contributed by atoms with Crippen molar-refractivity contribution in [3.63, 3.8) is 0 Å². The number of hydrogen-bond acceptors (Lipinski definition) is 2. The van der Waals surface area contributed by atoms with Crippen LogP contribution >= 0.6 is 23.2 Å². The van der Waals surface area contributed by atoms with Gasteiger partial charge in [-0.15, -0.1) is 0 Å². The van der Waals surface area contributed by atoms with Crippen LogP contribution in [-0.2, 0) is 0 Å². The third-order valence-corrected chi connectivity index (χ3v) is 2.96. The zero-order valence-electron chi connectivity index (χ0n) is 8.64. The van der Waals surface area contributed by atoms with Gasteiger partial charge in [-0.2, -0.15) is 4.98 Å². The van der Waals surface area contributed by atoms with Crippen LogP contribution < -0.4 is 0 Å². The molecule has 0 N–H and O–H groups in total. The lowest BCUT2D eigenvalue weighted by atomic mass is 10.3. The van der Waals surface area contributed by atoms with Crippen molar-refractivity contribution in [2.24, 2.45) is 0 Å². The first-order chi connectivity index (χ1) is 8.25. The summed E-state index contributed by atoms with van der Waals surface area (Å²) in [6.45, 7) is 0. The molecule has 0 saturated heterocycles. The van der Waals surface area contributed by atoms with E-state index in [1.807, 2.05) is 47.2 Å². The molecule has 0 fully saturated rings. The summed E-state index contributed by atoms with van der Waals surface area (Å²) in [6, 6.07) is 11.7. The van der Waals surface area contributed by atoms with E-state index in [-0.39, 0.29) is 5.28 Å². The molecule has 1 aromatic carbocycles. The largest absolute Gasteiger partial charge is 0.301 e. The Kier molecular flexibility index (Phi) is 2.50. The van der Waals surface area contributed by atoms with E-state index in [9.17, 15) is 0 Å². The van der Waals surface area contributed by atoms with E-state index < -0.39 is 0 Å². The number of para-hydroxylation sites is 1. The number of benzene rings is 1. The maximum absolute atomic E-state index is 6.01. The third-order valence-electron chi connectivity index (χ3n) is 2.50. The van der Waals surface area contributed by atoms with Crippen molar-refractivity contribution in [2.75, 3.05) is 0 Å². The second-order valence-electron chi connectivity index (χ2n) is 3.54. The molecule has 3 rings (SSSR count). The summed E-state index contributed by atoms with van der Waals surface area (Å²) < 4.78 is 1.93. The van der Waals surface area contributed by atoms with E-state index in [1.54, 1.807) is 0 Å². The fraction of sp³-hybridized carbons (Fsp3) is 0. The molecule has 3 aromatic rings. The highest BCUT2D eigenvalue weighted by atomic mass is 35.5. The van der Waals surface area contributed by atoms with Crippen molar-refractivity contribution in [1.82, 2.24) is 14.5 Å². The van der Waals surface area contributed by atoms with Gasteiger partial charge in [-0.3, -0.25) is 0 Å². The number of nitrogens with zero attached hydrogens (tertiary/aromatic N) is 3. The lowest BCUT2D eigenvalue weighted by Gasteiger charge is -2.04. The summed E-state index contributed by atoms with van der Waals surface area (Å²) in [5.74, 6) is 0. The molecule has 84 valence electrons. The lowest BCUT2D eigenvalue weighted by molar-refractivity contribution is 1.08. The minimum Gasteiger partial charge on any atom is -0.301 e. The molecule has 0 atom stereocenters. The highest BCUT2D eigenvalue weighted by Crippen LogP contribution is 2.25. The van der Waals surface area contributed by atoms with Gasteiger partial charge in [0.25, 0.3) is 0 Å². The number of aromatic nitrogens is 3. The normalized spacial score (nSPS) is 10.9. The molecule has 3 nitrogen and oxygen atoms in total. The van der Waals surface area contributed by atoms with E-state index >= 15 is 0 Å². The fourth-order valence-electron chi connectivity index (χ4n) is 1.75. The smallest absolute Gasteiger partial charge is 0.225 e. The molecule has 0 spiro atoms. The van der Waals surface area contributed by atoms with Gasteiger partial charge in [0.2, 0.25) is 5.28 Å². The Morgan fingerprint density at radius 3 is 2.47 bits per heavy atom. The van der Waals surface area contributed by atoms with Gasteiger partial charge in [-0.05, 0) is 29.8 Å². The number of fused-ring (bicyclic) bond motifs is 1. The first kappa shape index (κ1) is 10.6. The molecule has 0 amide bonds. The highest BCUT2D eigenvalue weighted by molar-refractivity contribution is 6.35. The van der Waals surface area contributed by atoms with Crippen LogP contribution in [0.2, 0.25) is 10.4 Å². The van der Waals surface area contributed by atoms with Crippen LogP contribution in [0.3, 0.4) is 0 Å². The molecule has 0 aliphatic rings. The zero-order valence-corrected chi connectivity index (χ0v) is 10.2. The summed E-state index contributed by atoms with van der Waals surface area (Å²) in [5.41, 5.74) is 1.72. The van der Waals surface area contributed by atoms with Gasteiger partial charge >= 0.3 is 0 Å². The van der Waals surface area contributed by atoms with E-state index in [1.165, 1.54) is 0 Å². The maximum Gasteiger partial charge on any atom is 0.225 e. The molecule has 5 heteroatoms. The fourth-order valence-corrected chi connectivity index (χ4v) is 2.19. The summed E-state index contributed by atoms with van der Waals surface area (Å²) in [5, 5.41) is 1.31. The van der Waals surface area contributed by atoms with Crippen LogP contribution in [-0.4, -0.2) is 14.5 Å². The highest BCUT2D eigenvalue weighted by Gasteiger charge is 2.09. The Morgan fingerprint density at radius 1 is 0.941 bits per heavy atom. The van der Waals surface area contributed by atoms with E-state index in [2.05, 4.69) is 9.97 Å². The molecule has 0 aliphatic carbocycles. The summed E-state index contributed by atoms with van der Waals surface area (Å²) in [6.07, 6.45) is 1.90. The monoisotopic (exact) mass is 263 g/mol. The van der Waals surface area contributed by atoms with Crippen molar-refractivity contribution in [3.05, 3.63) is 53.0 Å². The molecular formula is C12H7Cl2N3. The molecule has 0 unspecified atom stereocenters. The van der Waals surface area contributed by atoms with Crippen LogP contribution in [0.5, 0.6) is 0 Å². The molecule has 0 saturated carbocycles. The molecule has 0 aliphatic heterocycles. The van der Waals surface area contributed by atoms with Gasteiger partial charge < -0.3 is 4.57 Å². The van der Waals surface area contributed by atoms with Crippen LogP contribution in [0.15, 0.2) is 42.6 Å². The predicted octanol–water partition coefficient (Wildman–Crippen LogP) is 3.73. The summed E-state index contributed by atoms with van der Waals surface area (Å²) >= 11 is 11.8. The standard InChI is InChI=1S/C12H7Cl2N3/c13-10-9-6-7-17(8-4-2-1-3-5-8)11(9)16-12(14)15-10/h1-7H. The lowest BCUT2D eigenvalue weighted by Crippen LogP contribution is -1.94. The predicted molar refractivity (Wildman–Crippen MR) is 68.9 cm³/mol. The van der Waals surface area contributed by atoms with E-state index in [0.717, 1.165) is 11.1 Å². The first-order valence-corrected chi connectivity index (χ1v) is 5.77. The minimum absolute atomic E-state index is 0.151. The Morgan fingerprint density at radius 2 is 1.71 bits per heavy atom. The van der Waals surface area contributed by atoms with Gasteiger partial charge in [-0.25, -0.2) is 4.98 Å². The van der Waals surface area contributed by atoms with Crippen LogP contribution in [0, 0.1) is 0 Å². The molecule has 17 heavy (non-hydrogen) atoms. The zero-order chi connectivity index (χ0) is 11.8. The number of hydrogen-bond donors (Lipinski definition) is 0. The topological polar surface area (TPSA) is 30.7 Å². The van der Waals surface area contributed by atoms with Crippen LogP contribution in [0.25, 0.3) is 16.7 Å². The van der Waals surface area contributed by atoms with Gasteiger partial charge in [0.1, 0.15) is 5.15 Å². The molecule has 0 radical (unpaired) electrons. The third kappa shape index (κ3) is 1.77. The summed E-state index contributed by atoms with van der Waals surface area (Å²) in [7, 11) is 0. The van der Waals surface area contributed by atoms with E-state index in [4.69, 9.17) is 23.2 Å². The summed E-state index contributed by atoms with van der Waals surface area (Å²) in [4.78, 5) is 8.12. The van der Waals surface area contributed by atoms with Gasteiger partial charge in [-0.1, -0.05) is 29.8 Å². The maximum atomic E-state index is 6.01. The molecule has 0 bridgehead atoms. The molecule has 2 aromatic heterocycles. The van der Waals surface area contributed by atoms with Crippen LogP contribution in [0.4, 0.5) is 0 Å². The number of rotatable bonds is 1. The van der Waals surface area contributed by atoms with Gasteiger partial charge in [0.05, 0.1) is 5.39 Å². The molecule has 2 heterocycles. The number of halogens is 2. The van der Waals surface area contributed by atoms with Crippen molar-refractivity contribution in [2.45, 2.75) is 0 Å². The van der Waals surface area contributed by atoms with E-state index in [0.29, 0.717) is 10.8 Å². The Bertz CT molecular complexity index is 677. The Labute approximate surface area is 108 Å². The van der Waals surface area contributed by atoms with Crippen LogP contribution in [0.1, 0.15) is 0 Å². The second kappa shape index (κ2) is 4.02. The first-order valence-electron chi connectivity index (χ1n) is 5.01. The van der Waals surface area contributed by atoms with Gasteiger partial charge in [0.15, 0.2) is 5.65 Å². The quantitative estimate of drug-likeness (QED) is 0.495. The van der Waals surface area contributed by atoms with Crippen molar-refractivity contribution in [1.29, 1.82) is 0 Å².